The van der Waals surface area contributed by atoms with Gasteiger partial charge in [0.1, 0.15) is 11.5 Å². The Morgan fingerprint density at radius 1 is 0.818 bits per heavy atom. The fourth-order valence-corrected chi connectivity index (χ4v) is 5.49. The van der Waals surface area contributed by atoms with Crippen LogP contribution in [0, 0.1) is 10.8 Å². The molecule has 2 nitrogen and oxygen atoms in total. The Hall–Kier alpha value is -1.96. The normalized spacial score (nSPS) is 38.8. The molecule has 0 heterocycles. The molecule has 4 atom stereocenters. The van der Waals surface area contributed by atoms with Gasteiger partial charge < -0.3 is 9.47 Å². The molecule has 0 N–H and O–H groups in total. The van der Waals surface area contributed by atoms with Crippen molar-refractivity contribution in [2.24, 2.45) is 10.8 Å². The third-order valence-electron chi connectivity index (χ3n) is 6.50. The largest absolute Gasteiger partial charge is 0.496 e. The Morgan fingerprint density at radius 2 is 1.27 bits per heavy atom. The van der Waals surface area contributed by atoms with Crippen LogP contribution in [0.15, 0.2) is 48.6 Å². The maximum Gasteiger partial charge on any atom is 0.123 e. The predicted octanol–water partition coefficient (Wildman–Crippen LogP) is 4.35. The van der Waals surface area contributed by atoms with Gasteiger partial charge in [-0.25, -0.2) is 0 Å². The highest BCUT2D eigenvalue weighted by Crippen LogP contribution is 2.76. The molecule has 6 rings (SSSR count). The van der Waals surface area contributed by atoms with Crippen molar-refractivity contribution in [2.45, 2.75) is 24.7 Å². The van der Waals surface area contributed by atoms with Crippen LogP contribution in [0.3, 0.4) is 0 Å². The molecular weight excluding hydrogens is 272 g/mol. The zero-order valence-electron chi connectivity index (χ0n) is 13.0. The van der Waals surface area contributed by atoms with Crippen LogP contribution >= 0.6 is 0 Å². The van der Waals surface area contributed by atoms with Crippen molar-refractivity contribution in [1.82, 2.24) is 0 Å². The van der Waals surface area contributed by atoms with E-state index in [0.717, 1.165) is 24.3 Å². The first-order valence-electron chi connectivity index (χ1n) is 8.06. The molecule has 22 heavy (non-hydrogen) atoms. The van der Waals surface area contributed by atoms with E-state index in [0.29, 0.717) is 11.8 Å². The monoisotopic (exact) mass is 292 g/mol. The summed E-state index contributed by atoms with van der Waals surface area (Å²) in [6, 6.07) is 4.12. The molecule has 0 amide bonds. The smallest absolute Gasteiger partial charge is 0.123 e. The quantitative estimate of drug-likeness (QED) is 0.755. The maximum atomic E-state index is 5.71. The van der Waals surface area contributed by atoms with Crippen LogP contribution in [0.4, 0.5) is 0 Å². The zero-order valence-corrected chi connectivity index (χ0v) is 13.0. The third-order valence-corrected chi connectivity index (χ3v) is 6.50. The van der Waals surface area contributed by atoms with Crippen LogP contribution < -0.4 is 9.47 Å². The summed E-state index contributed by atoms with van der Waals surface area (Å²) in [4.78, 5) is 0. The van der Waals surface area contributed by atoms with Crippen LogP contribution in [0.1, 0.15) is 35.8 Å². The van der Waals surface area contributed by atoms with Gasteiger partial charge in [-0.2, -0.15) is 0 Å². The lowest BCUT2D eigenvalue weighted by Crippen LogP contribution is -2.58. The Balaban J connectivity index is 1.84. The molecular formula is C20H20O2. The van der Waals surface area contributed by atoms with E-state index < -0.39 is 0 Å². The third kappa shape index (κ3) is 1.10. The average molecular weight is 292 g/mol. The van der Waals surface area contributed by atoms with Crippen molar-refractivity contribution >= 4 is 0 Å². The lowest BCUT2D eigenvalue weighted by molar-refractivity contribution is 0.0341. The number of hydrogen-bond acceptors (Lipinski definition) is 2. The summed E-state index contributed by atoms with van der Waals surface area (Å²) in [6.45, 7) is 0. The molecule has 112 valence electrons. The van der Waals surface area contributed by atoms with Gasteiger partial charge in [-0.1, -0.05) is 36.5 Å². The summed E-state index contributed by atoms with van der Waals surface area (Å²) in [5.41, 5.74) is 3.19. The van der Waals surface area contributed by atoms with Crippen LogP contribution in [0.2, 0.25) is 0 Å². The average Bonchev–Trinajstić information content (AvgIpc) is 2.55. The minimum Gasteiger partial charge on any atom is -0.496 e. The Bertz CT molecular complexity index is 696. The molecule has 0 radical (unpaired) electrons. The first-order chi connectivity index (χ1) is 10.8. The second kappa shape index (κ2) is 3.87. The predicted molar refractivity (Wildman–Crippen MR) is 86.5 cm³/mol. The van der Waals surface area contributed by atoms with Gasteiger partial charge in [0.25, 0.3) is 0 Å². The number of rotatable bonds is 2. The molecule has 0 spiro atoms. The molecule has 5 aliphatic rings. The van der Waals surface area contributed by atoms with E-state index in [9.17, 15) is 0 Å². The van der Waals surface area contributed by atoms with Gasteiger partial charge in [0.15, 0.2) is 0 Å². The van der Waals surface area contributed by atoms with Crippen molar-refractivity contribution in [2.75, 3.05) is 14.2 Å². The number of hydrogen-bond donors (Lipinski definition) is 0. The van der Waals surface area contributed by atoms with Crippen molar-refractivity contribution in [3.05, 3.63) is 59.7 Å². The SMILES string of the molecule is COc1ccc(OC)c2c1C1C=CC2C23C=CC12CC=CC3. The van der Waals surface area contributed by atoms with Crippen molar-refractivity contribution in [1.29, 1.82) is 0 Å². The van der Waals surface area contributed by atoms with Crippen LogP contribution in [-0.4, -0.2) is 14.2 Å². The molecule has 1 aromatic carbocycles. The van der Waals surface area contributed by atoms with E-state index in [1.54, 1.807) is 14.2 Å². The molecule has 2 bridgehead atoms. The van der Waals surface area contributed by atoms with Crippen LogP contribution in [0.5, 0.6) is 11.5 Å². The molecule has 4 unspecified atom stereocenters. The van der Waals surface area contributed by atoms with E-state index in [2.05, 4.69) is 48.6 Å². The van der Waals surface area contributed by atoms with Crippen molar-refractivity contribution < 1.29 is 9.47 Å². The van der Waals surface area contributed by atoms with E-state index >= 15 is 0 Å². The Labute approximate surface area is 131 Å². The van der Waals surface area contributed by atoms with E-state index in [-0.39, 0.29) is 10.8 Å². The molecule has 0 fully saturated rings. The topological polar surface area (TPSA) is 18.5 Å². The zero-order chi connectivity index (χ0) is 14.9. The molecule has 2 heteroatoms. The summed E-state index contributed by atoms with van der Waals surface area (Å²) >= 11 is 0. The van der Waals surface area contributed by atoms with Crippen molar-refractivity contribution in [3.8, 4) is 11.5 Å². The molecule has 0 aliphatic heterocycles. The van der Waals surface area contributed by atoms with E-state index in [1.807, 2.05) is 0 Å². The number of allylic oxidation sites excluding steroid dienone is 6. The lowest BCUT2D eigenvalue weighted by atomic mass is 9.36. The standard InChI is InChI=1S/C20H20O2/c1-21-15-7-8-16(22-2)18-14-6-5-13(17(15)18)19-9-3-4-10-20(14,19)12-11-19/h3-8,11-14H,9-10H2,1-2H3. The van der Waals surface area contributed by atoms with Gasteiger partial charge in [0.2, 0.25) is 0 Å². The summed E-state index contributed by atoms with van der Waals surface area (Å²) in [5.74, 6) is 2.81. The Morgan fingerprint density at radius 3 is 1.64 bits per heavy atom. The minimum atomic E-state index is 0.244. The highest BCUT2D eigenvalue weighted by atomic mass is 16.5. The highest BCUT2D eigenvalue weighted by molar-refractivity contribution is 5.65. The molecule has 0 saturated heterocycles. The highest BCUT2D eigenvalue weighted by Gasteiger charge is 2.66. The first-order valence-corrected chi connectivity index (χ1v) is 8.06. The Kier molecular flexibility index (Phi) is 2.21. The van der Waals surface area contributed by atoms with Gasteiger partial charge in [-0.3, -0.25) is 0 Å². The van der Waals surface area contributed by atoms with Gasteiger partial charge in [0, 0.05) is 33.8 Å². The van der Waals surface area contributed by atoms with Gasteiger partial charge >= 0.3 is 0 Å². The summed E-state index contributed by atoms with van der Waals surface area (Å²) in [6.07, 6.45) is 16.7. The molecule has 0 aromatic heterocycles. The first kappa shape index (κ1) is 12.6. The molecule has 1 aromatic rings. The second-order valence-electron chi connectivity index (χ2n) is 6.93. The van der Waals surface area contributed by atoms with Gasteiger partial charge in [0.05, 0.1) is 14.2 Å². The van der Waals surface area contributed by atoms with Gasteiger partial charge in [-0.05, 0) is 25.0 Å². The van der Waals surface area contributed by atoms with Crippen molar-refractivity contribution in [3.63, 3.8) is 0 Å². The van der Waals surface area contributed by atoms with Crippen LogP contribution in [-0.2, 0) is 0 Å². The summed E-state index contributed by atoms with van der Waals surface area (Å²) in [7, 11) is 3.55. The number of benzene rings is 1. The van der Waals surface area contributed by atoms with Gasteiger partial charge in [-0.15, -0.1) is 0 Å². The lowest BCUT2D eigenvalue weighted by Gasteiger charge is -2.66. The summed E-state index contributed by atoms with van der Waals surface area (Å²) < 4.78 is 11.4. The van der Waals surface area contributed by atoms with Crippen LogP contribution in [0.25, 0.3) is 0 Å². The molecule has 0 saturated carbocycles. The maximum absolute atomic E-state index is 5.71. The molecule has 5 aliphatic carbocycles. The summed E-state index contributed by atoms with van der Waals surface area (Å²) in [5, 5.41) is 0. The second-order valence-corrected chi connectivity index (χ2v) is 6.93. The van der Waals surface area contributed by atoms with E-state index in [4.69, 9.17) is 9.47 Å². The number of ether oxygens (including phenoxy) is 2. The minimum absolute atomic E-state index is 0.244. The fraction of sp³-hybridized carbons (Fsp3) is 0.400. The van der Waals surface area contributed by atoms with E-state index in [1.165, 1.54) is 11.1 Å². The fourth-order valence-electron chi connectivity index (χ4n) is 5.49. The number of methoxy groups -OCH3 is 2.